The van der Waals surface area contributed by atoms with E-state index >= 15 is 0 Å². The van der Waals surface area contributed by atoms with Crippen LogP contribution >= 0.6 is 11.6 Å². The summed E-state index contributed by atoms with van der Waals surface area (Å²) in [5, 5.41) is 0.332. The summed E-state index contributed by atoms with van der Waals surface area (Å²) >= 11 is 6.08. The Morgan fingerprint density at radius 2 is 1.95 bits per heavy atom. The molecule has 0 saturated heterocycles. The second-order valence-electron chi connectivity index (χ2n) is 6.67. The number of rotatable bonds is 4. The van der Waals surface area contributed by atoms with Gasteiger partial charge in [0.15, 0.2) is 0 Å². The van der Waals surface area contributed by atoms with Gasteiger partial charge in [-0.25, -0.2) is 4.98 Å². The van der Waals surface area contributed by atoms with Crippen molar-refractivity contribution in [2.24, 2.45) is 0 Å². The van der Waals surface area contributed by atoms with Gasteiger partial charge in [-0.1, -0.05) is 39.2 Å². The Hall–Kier alpha value is -1.09. The molecular weight excluding hydrogens is 282 g/mol. The van der Waals surface area contributed by atoms with E-state index in [4.69, 9.17) is 11.6 Å². The minimum atomic E-state index is 0.228. The second kappa shape index (κ2) is 5.96. The standard InChI is InChI=1S/C17H24ClN3/c1-3-21(13-8-6-4-5-7-9-13)15-14(17(2)10-11-17)12-19-16(18)20-15/h3,12-13H,1,4-11H2,2H3. The summed E-state index contributed by atoms with van der Waals surface area (Å²) in [5.74, 6) is 0.983. The monoisotopic (exact) mass is 305 g/mol. The highest BCUT2D eigenvalue weighted by Gasteiger charge is 2.42. The van der Waals surface area contributed by atoms with Gasteiger partial charge in [0.05, 0.1) is 0 Å². The largest absolute Gasteiger partial charge is 0.330 e. The summed E-state index contributed by atoms with van der Waals surface area (Å²) in [6.07, 6.45) is 14.0. The van der Waals surface area contributed by atoms with Gasteiger partial charge in [0.2, 0.25) is 5.28 Å². The zero-order valence-corrected chi connectivity index (χ0v) is 13.6. The van der Waals surface area contributed by atoms with Gasteiger partial charge >= 0.3 is 0 Å². The molecular formula is C17H24ClN3. The molecule has 1 aromatic rings. The number of halogens is 1. The quantitative estimate of drug-likeness (QED) is 0.588. The van der Waals surface area contributed by atoms with Crippen LogP contribution in [0.3, 0.4) is 0 Å². The molecule has 2 fully saturated rings. The van der Waals surface area contributed by atoms with Crippen molar-refractivity contribution in [1.82, 2.24) is 9.97 Å². The van der Waals surface area contributed by atoms with Crippen molar-refractivity contribution in [1.29, 1.82) is 0 Å². The van der Waals surface area contributed by atoms with Gasteiger partial charge in [0.25, 0.3) is 0 Å². The summed E-state index contributed by atoms with van der Waals surface area (Å²) in [7, 11) is 0. The maximum absolute atomic E-state index is 6.08. The second-order valence-corrected chi connectivity index (χ2v) is 7.01. The van der Waals surface area contributed by atoms with E-state index in [0.29, 0.717) is 11.3 Å². The fourth-order valence-electron chi connectivity index (χ4n) is 3.38. The van der Waals surface area contributed by atoms with Crippen LogP contribution in [0, 0.1) is 0 Å². The third-order valence-corrected chi connectivity index (χ3v) is 5.23. The Kier molecular flexibility index (Phi) is 4.21. The highest BCUT2D eigenvalue weighted by atomic mass is 35.5. The number of hydrogen-bond donors (Lipinski definition) is 0. The van der Waals surface area contributed by atoms with Gasteiger partial charge in [-0.3, -0.25) is 0 Å². The number of nitrogens with zero attached hydrogens (tertiary/aromatic N) is 3. The third-order valence-electron chi connectivity index (χ3n) is 5.05. The molecule has 114 valence electrons. The van der Waals surface area contributed by atoms with Crippen molar-refractivity contribution >= 4 is 17.4 Å². The summed E-state index contributed by atoms with van der Waals surface area (Å²) in [6, 6.07) is 0.497. The number of hydrogen-bond acceptors (Lipinski definition) is 3. The minimum Gasteiger partial charge on any atom is -0.330 e. The van der Waals surface area contributed by atoms with Crippen LogP contribution in [0.25, 0.3) is 0 Å². The minimum absolute atomic E-state index is 0.228. The van der Waals surface area contributed by atoms with Crippen LogP contribution in [0.1, 0.15) is 63.9 Å². The Labute approximate surface area is 132 Å². The molecule has 0 amide bonds. The summed E-state index contributed by atoms with van der Waals surface area (Å²) in [4.78, 5) is 11.0. The molecule has 2 saturated carbocycles. The molecule has 2 aliphatic carbocycles. The fourth-order valence-corrected chi connectivity index (χ4v) is 3.50. The van der Waals surface area contributed by atoms with Gasteiger partial charge in [0, 0.05) is 17.8 Å². The first kappa shape index (κ1) is 14.8. The van der Waals surface area contributed by atoms with Crippen molar-refractivity contribution in [2.75, 3.05) is 4.90 Å². The van der Waals surface area contributed by atoms with Crippen LogP contribution in [0.5, 0.6) is 0 Å². The molecule has 0 atom stereocenters. The lowest BCUT2D eigenvalue weighted by Crippen LogP contribution is -2.32. The molecule has 0 bridgehead atoms. The first-order valence-corrected chi connectivity index (χ1v) is 8.46. The van der Waals surface area contributed by atoms with Gasteiger partial charge in [0.1, 0.15) is 5.82 Å². The van der Waals surface area contributed by atoms with Crippen LogP contribution in [-0.4, -0.2) is 16.0 Å². The van der Waals surface area contributed by atoms with Crippen molar-refractivity contribution in [2.45, 2.75) is 69.7 Å². The van der Waals surface area contributed by atoms with E-state index in [1.165, 1.54) is 56.9 Å². The normalized spacial score (nSPS) is 21.6. The van der Waals surface area contributed by atoms with Crippen molar-refractivity contribution in [3.05, 3.63) is 29.8 Å². The van der Waals surface area contributed by atoms with Gasteiger partial charge in [-0.05, 0) is 48.9 Å². The molecule has 1 heterocycles. The smallest absolute Gasteiger partial charge is 0.224 e. The van der Waals surface area contributed by atoms with E-state index in [-0.39, 0.29) is 5.41 Å². The maximum atomic E-state index is 6.08. The molecule has 21 heavy (non-hydrogen) atoms. The first-order valence-electron chi connectivity index (χ1n) is 8.08. The molecule has 1 aromatic heterocycles. The van der Waals surface area contributed by atoms with Gasteiger partial charge in [-0.15, -0.1) is 0 Å². The van der Waals surface area contributed by atoms with E-state index in [2.05, 4.69) is 28.4 Å². The van der Waals surface area contributed by atoms with Crippen molar-refractivity contribution in [3.8, 4) is 0 Å². The average Bonchev–Trinajstić information content (AvgIpc) is 3.25. The Bertz CT molecular complexity index is 517. The molecule has 2 aliphatic rings. The first-order chi connectivity index (χ1) is 10.1. The molecule has 3 nitrogen and oxygen atoms in total. The average molecular weight is 306 g/mol. The molecule has 0 N–H and O–H groups in total. The third kappa shape index (κ3) is 3.08. The van der Waals surface area contributed by atoms with Crippen molar-refractivity contribution < 1.29 is 0 Å². The molecule has 3 rings (SSSR count). The predicted octanol–water partition coefficient (Wildman–Crippen LogP) is 4.85. The van der Waals surface area contributed by atoms with E-state index < -0.39 is 0 Å². The molecule has 0 aliphatic heterocycles. The van der Waals surface area contributed by atoms with Crippen LogP contribution in [0.2, 0.25) is 5.28 Å². The van der Waals surface area contributed by atoms with Gasteiger partial charge in [-0.2, -0.15) is 4.98 Å². The summed E-state index contributed by atoms with van der Waals surface area (Å²) in [6.45, 7) is 6.33. The van der Waals surface area contributed by atoms with E-state index in [9.17, 15) is 0 Å². The molecule has 0 aromatic carbocycles. The zero-order chi connectivity index (χ0) is 14.9. The number of anilines is 1. The van der Waals surface area contributed by atoms with E-state index in [1.54, 1.807) is 0 Å². The summed E-state index contributed by atoms with van der Waals surface area (Å²) in [5.41, 5.74) is 1.46. The van der Waals surface area contributed by atoms with Crippen LogP contribution in [-0.2, 0) is 5.41 Å². The predicted molar refractivity (Wildman–Crippen MR) is 87.8 cm³/mol. The zero-order valence-electron chi connectivity index (χ0n) is 12.8. The highest BCUT2D eigenvalue weighted by molar-refractivity contribution is 6.28. The molecule has 4 heteroatoms. The molecule has 0 spiro atoms. The Morgan fingerprint density at radius 3 is 2.52 bits per heavy atom. The van der Waals surface area contributed by atoms with Gasteiger partial charge < -0.3 is 4.90 Å². The number of aromatic nitrogens is 2. The van der Waals surface area contributed by atoms with Crippen molar-refractivity contribution in [3.63, 3.8) is 0 Å². The lowest BCUT2D eigenvalue weighted by Gasteiger charge is -2.31. The van der Waals surface area contributed by atoms with Crippen LogP contribution < -0.4 is 4.90 Å². The van der Waals surface area contributed by atoms with E-state index in [1.807, 2.05) is 12.4 Å². The lowest BCUT2D eigenvalue weighted by atomic mass is 9.99. The lowest BCUT2D eigenvalue weighted by molar-refractivity contribution is 0.558. The molecule has 0 unspecified atom stereocenters. The van der Waals surface area contributed by atoms with Crippen LogP contribution in [0.15, 0.2) is 19.0 Å². The fraction of sp³-hybridized carbons (Fsp3) is 0.647. The SMILES string of the molecule is C=CN(c1nc(Cl)ncc1C1(C)CC1)C1CCCCCC1. The van der Waals surface area contributed by atoms with E-state index in [0.717, 1.165) is 5.82 Å². The maximum Gasteiger partial charge on any atom is 0.224 e. The van der Waals surface area contributed by atoms with Crippen LogP contribution in [0.4, 0.5) is 5.82 Å². The Balaban J connectivity index is 1.95. The highest BCUT2D eigenvalue weighted by Crippen LogP contribution is 2.50. The molecule has 0 radical (unpaired) electrons. The summed E-state index contributed by atoms with van der Waals surface area (Å²) < 4.78 is 0. The topological polar surface area (TPSA) is 29.0 Å². The Morgan fingerprint density at radius 1 is 1.29 bits per heavy atom.